The zero-order chi connectivity index (χ0) is 19.3. The van der Waals surface area contributed by atoms with Crippen molar-refractivity contribution in [2.24, 2.45) is 0 Å². The van der Waals surface area contributed by atoms with Gasteiger partial charge < -0.3 is 20.5 Å². The number of amides is 1. The minimum atomic E-state index is -0.670. The number of nitrogens with two attached hydrogens (primary N) is 1. The first kappa shape index (κ1) is 19.5. The second-order valence-electron chi connectivity index (χ2n) is 5.50. The number of hydrogen-bond donors (Lipinski definition) is 2. The van der Waals surface area contributed by atoms with Gasteiger partial charge in [-0.3, -0.25) is 4.79 Å². The van der Waals surface area contributed by atoms with Crippen LogP contribution in [0.5, 0.6) is 0 Å². The molecule has 7 nitrogen and oxygen atoms in total. The number of nitrogen functional groups attached to an aromatic ring is 1. The van der Waals surface area contributed by atoms with Gasteiger partial charge in [0.25, 0.3) is 5.91 Å². The van der Waals surface area contributed by atoms with Crippen molar-refractivity contribution in [2.75, 3.05) is 24.3 Å². The van der Waals surface area contributed by atoms with Crippen LogP contribution in [0.1, 0.15) is 38.1 Å². The highest BCUT2D eigenvalue weighted by Crippen LogP contribution is 2.27. The van der Waals surface area contributed by atoms with Crippen molar-refractivity contribution in [2.45, 2.75) is 20.8 Å². The van der Waals surface area contributed by atoms with E-state index in [0.717, 1.165) is 16.9 Å². The molecule has 0 fully saturated rings. The lowest BCUT2D eigenvalue weighted by Gasteiger charge is -2.08. The number of ether oxygens (including phenoxy) is 2. The monoisotopic (exact) mass is 376 g/mol. The van der Waals surface area contributed by atoms with E-state index in [-0.39, 0.29) is 12.2 Å². The van der Waals surface area contributed by atoms with Gasteiger partial charge in [-0.1, -0.05) is 12.1 Å². The zero-order valence-electron chi connectivity index (χ0n) is 14.8. The van der Waals surface area contributed by atoms with Crippen molar-refractivity contribution in [1.82, 2.24) is 0 Å². The van der Waals surface area contributed by atoms with Gasteiger partial charge in [-0.2, -0.15) is 0 Å². The van der Waals surface area contributed by atoms with Crippen LogP contribution in [0.3, 0.4) is 0 Å². The maximum absolute atomic E-state index is 12.1. The van der Waals surface area contributed by atoms with Crippen molar-refractivity contribution >= 4 is 39.9 Å². The molecule has 1 heterocycles. The SMILES string of the molecule is CCOC(=O)c1sc(NC(=O)COC(=O)c2cccc(C)c2N)cc1C. The number of thiophene rings is 1. The zero-order valence-corrected chi connectivity index (χ0v) is 15.6. The molecule has 8 heteroatoms. The number of rotatable bonds is 6. The molecule has 0 radical (unpaired) electrons. The first-order chi connectivity index (χ1) is 12.3. The molecule has 3 N–H and O–H groups in total. The van der Waals surface area contributed by atoms with E-state index in [1.165, 1.54) is 6.07 Å². The van der Waals surface area contributed by atoms with Crippen molar-refractivity contribution < 1.29 is 23.9 Å². The quantitative estimate of drug-likeness (QED) is 0.593. The Kier molecular flexibility index (Phi) is 6.35. The third-order valence-corrected chi connectivity index (χ3v) is 4.65. The van der Waals surface area contributed by atoms with E-state index in [1.807, 2.05) is 0 Å². The molecule has 138 valence electrons. The molecule has 0 saturated carbocycles. The molecule has 0 atom stereocenters. The molecular weight excluding hydrogens is 356 g/mol. The topological polar surface area (TPSA) is 108 Å². The molecule has 1 aromatic carbocycles. The second kappa shape index (κ2) is 8.48. The number of nitrogens with one attached hydrogen (secondary N) is 1. The summed E-state index contributed by atoms with van der Waals surface area (Å²) in [5.74, 6) is -1.62. The van der Waals surface area contributed by atoms with Gasteiger partial charge in [0.05, 0.1) is 17.2 Å². The first-order valence-electron chi connectivity index (χ1n) is 7.93. The summed E-state index contributed by atoms with van der Waals surface area (Å²) in [5.41, 5.74) is 7.84. The average molecular weight is 376 g/mol. The predicted octanol–water partition coefficient (Wildman–Crippen LogP) is 2.92. The van der Waals surface area contributed by atoms with Crippen LogP contribution >= 0.6 is 11.3 Å². The van der Waals surface area contributed by atoms with Gasteiger partial charge in [-0.05, 0) is 44.0 Å². The van der Waals surface area contributed by atoms with Crippen LogP contribution in [0.2, 0.25) is 0 Å². The smallest absolute Gasteiger partial charge is 0.348 e. The Morgan fingerprint density at radius 1 is 1.12 bits per heavy atom. The lowest BCUT2D eigenvalue weighted by atomic mass is 10.1. The Balaban J connectivity index is 1.95. The summed E-state index contributed by atoms with van der Waals surface area (Å²) < 4.78 is 9.96. The predicted molar refractivity (Wildman–Crippen MR) is 99.5 cm³/mol. The van der Waals surface area contributed by atoms with Crippen LogP contribution in [0, 0.1) is 13.8 Å². The Morgan fingerprint density at radius 2 is 1.85 bits per heavy atom. The van der Waals surface area contributed by atoms with Crippen LogP contribution in [-0.2, 0) is 14.3 Å². The summed E-state index contributed by atoms with van der Waals surface area (Å²) in [6.45, 7) is 5.06. The van der Waals surface area contributed by atoms with Gasteiger partial charge in [-0.15, -0.1) is 11.3 Å². The van der Waals surface area contributed by atoms with E-state index in [2.05, 4.69) is 5.32 Å². The maximum atomic E-state index is 12.1. The molecular formula is C18H20N2O5S. The molecule has 0 aliphatic carbocycles. The average Bonchev–Trinajstić information content (AvgIpc) is 2.95. The molecule has 2 rings (SSSR count). The van der Waals surface area contributed by atoms with Crippen molar-refractivity contribution in [3.05, 3.63) is 45.8 Å². The van der Waals surface area contributed by atoms with Gasteiger partial charge >= 0.3 is 11.9 Å². The summed E-state index contributed by atoms with van der Waals surface area (Å²) in [6, 6.07) is 6.67. The Morgan fingerprint density at radius 3 is 2.54 bits per heavy atom. The second-order valence-corrected chi connectivity index (χ2v) is 6.56. The number of hydrogen-bond acceptors (Lipinski definition) is 7. The molecule has 0 saturated heterocycles. The third kappa shape index (κ3) is 4.60. The van der Waals surface area contributed by atoms with Crippen LogP contribution in [0.15, 0.2) is 24.3 Å². The van der Waals surface area contributed by atoms with Gasteiger partial charge in [0.2, 0.25) is 0 Å². The molecule has 0 aliphatic heterocycles. The number of anilines is 2. The molecule has 26 heavy (non-hydrogen) atoms. The van der Waals surface area contributed by atoms with E-state index in [0.29, 0.717) is 21.1 Å². The van der Waals surface area contributed by atoms with Gasteiger partial charge in [0.1, 0.15) is 4.88 Å². The summed E-state index contributed by atoms with van der Waals surface area (Å²) in [4.78, 5) is 36.3. The molecule has 2 aromatic rings. The van der Waals surface area contributed by atoms with Crippen molar-refractivity contribution in [1.29, 1.82) is 0 Å². The van der Waals surface area contributed by atoms with Gasteiger partial charge in [-0.25, -0.2) is 9.59 Å². The molecule has 0 unspecified atom stereocenters. The molecule has 1 amide bonds. The summed E-state index contributed by atoms with van der Waals surface area (Å²) >= 11 is 1.10. The van der Waals surface area contributed by atoms with Gasteiger partial charge in [0.15, 0.2) is 6.61 Å². The number of benzene rings is 1. The summed E-state index contributed by atoms with van der Waals surface area (Å²) in [7, 11) is 0. The summed E-state index contributed by atoms with van der Waals surface area (Å²) in [5, 5.41) is 3.07. The van der Waals surface area contributed by atoms with Gasteiger partial charge in [0, 0.05) is 5.69 Å². The minimum absolute atomic E-state index is 0.217. The lowest BCUT2D eigenvalue weighted by molar-refractivity contribution is -0.119. The highest BCUT2D eigenvalue weighted by atomic mass is 32.1. The lowest BCUT2D eigenvalue weighted by Crippen LogP contribution is -2.21. The number of carbonyl (C=O) groups excluding carboxylic acids is 3. The van der Waals surface area contributed by atoms with E-state index in [9.17, 15) is 14.4 Å². The van der Waals surface area contributed by atoms with E-state index < -0.39 is 24.5 Å². The number of esters is 2. The summed E-state index contributed by atoms with van der Waals surface area (Å²) in [6.07, 6.45) is 0. The maximum Gasteiger partial charge on any atom is 0.348 e. The highest BCUT2D eigenvalue weighted by Gasteiger charge is 2.17. The number of carbonyl (C=O) groups is 3. The fraction of sp³-hybridized carbons (Fsp3) is 0.278. The standard InChI is InChI=1S/C18H20N2O5S/c1-4-24-18(23)16-11(3)8-14(26-16)20-13(21)9-25-17(22)12-7-5-6-10(2)15(12)19/h5-8H,4,9,19H2,1-3H3,(H,20,21). The molecule has 1 aromatic heterocycles. The highest BCUT2D eigenvalue weighted by molar-refractivity contribution is 7.18. The van der Waals surface area contributed by atoms with E-state index in [1.54, 1.807) is 39.0 Å². The van der Waals surface area contributed by atoms with E-state index in [4.69, 9.17) is 15.2 Å². The fourth-order valence-electron chi connectivity index (χ4n) is 2.18. The van der Waals surface area contributed by atoms with Crippen LogP contribution in [0.4, 0.5) is 10.7 Å². The van der Waals surface area contributed by atoms with Crippen LogP contribution in [-0.4, -0.2) is 31.1 Å². The minimum Gasteiger partial charge on any atom is -0.462 e. The normalized spacial score (nSPS) is 10.3. The Labute approximate surface area is 155 Å². The number of aryl methyl sites for hydroxylation is 2. The fourth-order valence-corrected chi connectivity index (χ4v) is 3.17. The van der Waals surface area contributed by atoms with Crippen molar-refractivity contribution in [3.8, 4) is 0 Å². The Hall–Kier alpha value is -2.87. The van der Waals surface area contributed by atoms with Crippen LogP contribution < -0.4 is 11.1 Å². The van der Waals surface area contributed by atoms with Crippen molar-refractivity contribution in [3.63, 3.8) is 0 Å². The molecule has 0 aliphatic rings. The van der Waals surface area contributed by atoms with E-state index >= 15 is 0 Å². The van der Waals surface area contributed by atoms with Crippen LogP contribution in [0.25, 0.3) is 0 Å². The third-order valence-electron chi connectivity index (χ3n) is 3.52. The largest absolute Gasteiger partial charge is 0.462 e. The number of para-hydroxylation sites is 1. The molecule has 0 bridgehead atoms. The first-order valence-corrected chi connectivity index (χ1v) is 8.74. The molecule has 0 spiro atoms. The Bertz CT molecular complexity index is 844.